The van der Waals surface area contributed by atoms with Crippen LogP contribution in [-0.4, -0.2) is 9.13 Å². The first-order chi connectivity index (χ1) is 30.2. The molecule has 0 aliphatic rings. The Morgan fingerprint density at radius 3 is 1.48 bits per heavy atom. The zero-order valence-electron chi connectivity index (χ0n) is 33.1. The number of furan rings is 1. The van der Waals surface area contributed by atoms with E-state index in [4.69, 9.17) is 4.42 Å². The van der Waals surface area contributed by atoms with Crippen molar-refractivity contribution in [3.8, 4) is 44.8 Å². The molecule has 0 radical (unpaired) electrons. The van der Waals surface area contributed by atoms with Gasteiger partial charge < -0.3 is 13.6 Å². The standard InChI is InChI=1S/C58H36N2O/c1-2-12-37(13-3-1)38-22-27-42(28-23-38)59-52-19-9-6-16-46(52)49-34-39(24-30-55(49)59)40-25-31-56-50(35-40)47-17-7-10-20-53(47)60(56)54-32-29-43(44-14-4-5-15-45(44)54)41-26-33-58-51(36-41)48-18-8-11-21-57(48)61-58/h1-36H. The molecule has 0 fully saturated rings. The highest BCUT2D eigenvalue weighted by atomic mass is 16.3. The molecule has 10 aromatic carbocycles. The van der Waals surface area contributed by atoms with Crippen molar-refractivity contribution in [3.05, 3.63) is 218 Å². The Balaban J connectivity index is 0.939. The first kappa shape index (κ1) is 33.8. The number of hydrogen-bond donors (Lipinski definition) is 0. The summed E-state index contributed by atoms with van der Waals surface area (Å²) in [7, 11) is 0. The van der Waals surface area contributed by atoms with Crippen molar-refractivity contribution in [2.45, 2.75) is 0 Å². The monoisotopic (exact) mass is 776 g/mol. The molecular weight excluding hydrogens is 741 g/mol. The molecule has 0 bridgehead atoms. The average molecular weight is 777 g/mol. The number of benzene rings is 10. The zero-order chi connectivity index (χ0) is 40.0. The molecule has 0 saturated carbocycles. The Labute approximate surface area is 351 Å². The zero-order valence-corrected chi connectivity index (χ0v) is 33.1. The molecule has 3 heteroatoms. The van der Waals surface area contributed by atoms with Crippen LogP contribution >= 0.6 is 0 Å². The van der Waals surface area contributed by atoms with Gasteiger partial charge in [0, 0.05) is 43.4 Å². The van der Waals surface area contributed by atoms with E-state index >= 15 is 0 Å². The Bertz CT molecular complexity index is 3860. The van der Waals surface area contributed by atoms with E-state index in [1.54, 1.807) is 0 Å². The maximum atomic E-state index is 6.18. The summed E-state index contributed by atoms with van der Waals surface area (Å²) in [6.07, 6.45) is 0. The van der Waals surface area contributed by atoms with Gasteiger partial charge in [0.25, 0.3) is 0 Å². The van der Waals surface area contributed by atoms with Gasteiger partial charge in [0.1, 0.15) is 11.2 Å². The van der Waals surface area contributed by atoms with Crippen molar-refractivity contribution in [1.29, 1.82) is 0 Å². The van der Waals surface area contributed by atoms with Crippen LogP contribution in [-0.2, 0) is 0 Å². The third-order valence-electron chi connectivity index (χ3n) is 12.7. The highest BCUT2D eigenvalue weighted by molar-refractivity contribution is 6.14. The van der Waals surface area contributed by atoms with Crippen molar-refractivity contribution in [1.82, 2.24) is 9.13 Å². The lowest BCUT2D eigenvalue weighted by Crippen LogP contribution is -1.96. The molecule has 3 aromatic heterocycles. The second-order valence-corrected chi connectivity index (χ2v) is 16.1. The normalized spacial score (nSPS) is 11.9. The first-order valence-electron chi connectivity index (χ1n) is 20.9. The van der Waals surface area contributed by atoms with E-state index in [2.05, 4.69) is 215 Å². The topological polar surface area (TPSA) is 23.0 Å². The third-order valence-corrected chi connectivity index (χ3v) is 12.7. The molecule has 3 nitrogen and oxygen atoms in total. The van der Waals surface area contributed by atoms with Gasteiger partial charge in [-0.15, -0.1) is 0 Å². The molecule has 13 aromatic rings. The largest absolute Gasteiger partial charge is 0.456 e. The Hall–Kier alpha value is -8.14. The molecule has 3 heterocycles. The smallest absolute Gasteiger partial charge is 0.135 e. The molecular formula is C58H36N2O. The number of rotatable bonds is 5. The van der Waals surface area contributed by atoms with Gasteiger partial charge in [0.15, 0.2) is 0 Å². The molecule has 0 saturated heterocycles. The van der Waals surface area contributed by atoms with Crippen LogP contribution < -0.4 is 0 Å². The van der Waals surface area contributed by atoms with Gasteiger partial charge in [0.05, 0.1) is 27.8 Å². The van der Waals surface area contributed by atoms with Gasteiger partial charge in [-0.05, 0) is 112 Å². The summed E-state index contributed by atoms with van der Waals surface area (Å²) in [4.78, 5) is 0. The maximum absolute atomic E-state index is 6.18. The van der Waals surface area contributed by atoms with Crippen molar-refractivity contribution >= 4 is 76.3 Å². The van der Waals surface area contributed by atoms with Crippen molar-refractivity contribution in [2.24, 2.45) is 0 Å². The summed E-state index contributed by atoms with van der Waals surface area (Å²) in [5.41, 5.74) is 16.1. The number of hydrogen-bond acceptors (Lipinski definition) is 1. The molecule has 0 aliphatic heterocycles. The summed E-state index contributed by atoms with van der Waals surface area (Å²) in [6, 6.07) is 79.3. The van der Waals surface area contributed by atoms with E-state index < -0.39 is 0 Å². The van der Waals surface area contributed by atoms with Crippen molar-refractivity contribution < 1.29 is 4.42 Å². The number of para-hydroxylation sites is 3. The van der Waals surface area contributed by atoms with E-state index in [9.17, 15) is 0 Å². The van der Waals surface area contributed by atoms with Gasteiger partial charge >= 0.3 is 0 Å². The van der Waals surface area contributed by atoms with Crippen LogP contribution in [0, 0.1) is 0 Å². The quantitative estimate of drug-likeness (QED) is 0.171. The Morgan fingerprint density at radius 2 is 0.754 bits per heavy atom. The SMILES string of the molecule is c1ccc(-c2ccc(-n3c4ccccc4c4cc(-c5ccc6c(c5)c5ccccc5n6-c5ccc(-c6ccc7oc8ccccc8c7c6)c6ccccc56)ccc43)cc2)cc1. The highest BCUT2D eigenvalue weighted by Gasteiger charge is 2.19. The second kappa shape index (κ2) is 13.2. The number of fused-ring (bicyclic) bond motifs is 10. The summed E-state index contributed by atoms with van der Waals surface area (Å²) in [6.45, 7) is 0. The van der Waals surface area contributed by atoms with Gasteiger partial charge in [-0.3, -0.25) is 0 Å². The highest BCUT2D eigenvalue weighted by Crippen LogP contribution is 2.42. The minimum Gasteiger partial charge on any atom is -0.456 e. The Kier molecular flexibility index (Phi) is 7.31. The first-order valence-corrected chi connectivity index (χ1v) is 20.9. The molecule has 0 N–H and O–H groups in total. The lowest BCUT2D eigenvalue weighted by atomic mass is 9.96. The summed E-state index contributed by atoms with van der Waals surface area (Å²) in [5.74, 6) is 0. The molecule has 0 spiro atoms. The van der Waals surface area contributed by atoms with Crippen LogP contribution in [0.2, 0.25) is 0 Å². The molecule has 0 amide bonds. The lowest BCUT2D eigenvalue weighted by Gasteiger charge is -2.15. The second-order valence-electron chi connectivity index (χ2n) is 16.1. The minimum absolute atomic E-state index is 0.909. The van der Waals surface area contributed by atoms with Crippen LogP contribution in [0.1, 0.15) is 0 Å². The summed E-state index contributed by atoms with van der Waals surface area (Å²) in [5, 5.41) is 9.67. The van der Waals surface area contributed by atoms with E-state index in [1.807, 2.05) is 12.1 Å². The van der Waals surface area contributed by atoms with E-state index in [0.29, 0.717) is 0 Å². The fourth-order valence-electron chi connectivity index (χ4n) is 9.90. The fourth-order valence-corrected chi connectivity index (χ4v) is 9.90. The van der Waals surface area contributed by atoms with E-state index in [0.717, 1.165) is 27.6 Å². The molecule has 0 unspecified atom stereocenters. The predicted octanol–water partition coefficient (Wildman–Crippen LogP) is 15.9. The average Bonchev–Trinajstić information content (AvgIpc) is 3.98. The van der Waals surface area contributed by atoms with Crippen LogP contribution in [0.25, 0.3) is 121 Å². The maximum Gasteiger partial charge on any atom is 0.135 e. The van der Waals surface area contributed by atoms with E-state index in [1.165, 1.54) is 93.5 Å². The van der Waals surface area contributed by atoms with Gasteiger partial charge in [-0.1, -0.05) is 146 Å². The van der Waals surface area contributed by atoms with Gasteiger partial charge in [0.2, 0.25) is 0 Å². The Morgan fingerprint density at radius 1 is 0.262 bits per heavy atom. The summed E-state index contributed by atoms with van der Waals surface area (Å²) >= 11 is 0. The predicted molar refractivity (Wildman–Crippen MR) is 256 cm³/mol. The van der Waals surface area contributed by atoms with Crippen LogP contribution in [0.15, 0.2) is 223 Å². The number of aromatic nitrogens is 2. The minimum atomic E-state index is 0.909. The van der Waals surface area contributed by atoms with E-state index in [-0.39, 0.29) is 0 Å². The van der Waals surface area contributed by atoms with Gasteiger partial charge in [-0.2, -0.15) is 0 Å². The lowest BCUT2D eigenvalue weighted by molar-refractivity contribution is 0.669. The molecule has 0 atom stereocenters. The molecule has 61 heavy (non-hydrogen) atoms. The third kappa shape index (κ3) is 5.17. The van der Waals surface area contributed by atoms with Gasteiger partial charge in [-0.25, -0.2) is 0 Å². The fraction of sp³-hybridized carbons (Fsp3) is 0. The number of nitrogens with zero attached hydrogens (tertiary/aromatic N) is 2. The summed E-state index contributed by atoms with van der Waals surface area (Å²) < 4.78 is 11.0. The molecule has 284 valence electrons. The van der Waals surface area contributed by atoms with Crippen LogP contribution in [0.4, 0.5) is 0 Å². The van der Waals surface area contributed by atoms with Crippen LogP contribution in [0.3, 0.4) is 0 Å². The molecule has 0 aliphatic carbocycles. The van der Waals surface area contributed by atoms with Crippen molar-refractivity contribution in [3.63, 3.8) is 0 Å². The van der Waals surface area contributed by atoms with Crippen molar-refractivity contribution in [2.75, 3.05) is 0 Å². The molecule has 13 rings (SSSR count). The van der Waals surface area contributed by atoms with Crippen LogP contribution in [0.5, 0.6) is 0 Å².